The van der Waals surface area contributed by atoms with Gasteiger partial charge in [-0.2, -0.15) is 0 Å². The lowest BCUT2D eigenvalue weighted by Crippen LogP contribution is -2.30. The van der Waals surface area contributed by atoms with E-state index in [-0.39, 0.29) is 25.0 Å². The smallest absolute Gasteiger partial charge is 0.0471 e. The van der Waals surface area contributed by atoms with Crippen LogP contribution in [0.15, 0.2) is 72.8 Å². The molecule has 0 saturated carbocycles. The largest absolute Gasteiger partial charge is 0.396 e. The Morgan fingerprint density at radius 2 is 1.00 bits per heavy atom. The second-order valence-electron chi connectivity index (χ2n) is 8.48. The zero-order chi connectivity index (χ0) is 20.2. The molecule has 0 amide bonds. The standard InChI is InChI=1S/C28H24O2/c29-13-11-17-7-4-10-22-25(17)27-21-9-3-8-18(12-14-30)26(21)28(22)24-16-20-6-2-1-5-19(20)15-23(24)27/h1-10,15-16,27-30H,11-14H2. The summed E-state index contributed by atoms with van der Waals surface area (Å²) in [4.78, 5) is 0. The normalized spacial score (nSPS) is 18.2. The Hall–Kier alpha value is -2.94. The molecule has 2 heteroatoms. The third kappa shape index (κ3) is 2.38. The molecular weight excluding hydrogens is 368 g/mol. The molecule has 30 heavy (non-hydrogen) atoms. The highest BCUT2D eigenvalue weighted by Gasteiger charge is 2.43. The van der Waals surface area contributed by atoms with Gasteiger partial charge in [0.25, 0.3) is 0 Å². The Kier molecular flexibility index (Phi) is 4.05. The number of hydrogen-bond donors (Lipinski definition) is 2. The lowest BCUT2D eigenvalue weighted by Gasteiger charge is -2.44. The van der Waals surface area contributed by atoms with Crippen molar-refractivity contribution in [1.82, 2.24) is 0 Å². The van der Waals surface area contributed by atoms with E-state index in [1.165, 1.54) is 55.3 Å². The molecule has 2 nitrogen and oxygen atoms in total. The van der Waals surface area contributed by atoms with Gasteiger partial charge in [-0.1, -0.05) is 60.7 Å². The summed E-state index contributed by atoms with van der Waals surface area (Å²) < 4.78 is 0. The van der Waals surface area contributed by atoms with Crippen LogP contribution in [0.25, 0.3) is 10.8 Å². The fourth-order valence-electron chi connectivity index (χ4n) is 5.88. The van der Waals surface area contributed by atoms with Crippen molar-refractivity contribution in [1.29, 1.82) is 0 Å². The Bertz CT molecular complexity index is 1190. The molecule has 148 valence electrons. The maximum atomic E-state index is 9.71. The van der Waals surface area contributed by atoms with Gasteiger partial charge < -0.3 is 10.2 Å². The van der Waals surface area contributed by atoms with E-state index in [2.05, 4.69) is 72.8 Å². The first-order valence-corrected chi connectivity index (χ1v) is 10.8. The summed E-state index contributed by atoms with van der Waals surface area (Å²) in [5.74, 6) is 0.363. The zero-order valence-corrected chi connectivity index (χ0v) is 16.8. The van der Waals surface area contributed by atoms with E-state index in [4.69, 9.17) is 0 Å². The topological polar surface area (TPSA) is 40.5 Å². The van der Waals surface area contributed by atoms with Crippen molar-refractivity contribution in [2.24, 2.45) is 0 Å². The molecule has 2 atom stereocenters. The minimum Gasteiger partial charge on any atom is -0.396 e. The molecule has 0 aliphatic heterocycles. The van der Waals surface area contributed by atoms with Crippen LogP contribution >= 0.6 is 0 Å². The Morgan fingerprint density at radius 3 is 1.43 bits per heavy atom. The Balaban J connectivity index is 1.71. The first-order valence-electron chi connectivity index (χ1n) is 10.8. The molecule has 2 bridgehead atoms. The summed E-state index contributed by atoms with van der Waals surface area (Å²) in [7, 11) is 0. The fourth-order valence-corrected chi connectivity index (χ4v) is 5.88. The minimum atomic E-state index is 0.163. The summed E-state index contributed by atoms with van der Waals surface area (Å²) in [5.41, 5.74) is 10.8. The molecule has 0 saturated heterocycles. The first kappa shape index (κ1) is 17.9. The molecular formula is C28H24O2. The van der Waals surface area contributed by atoms with Crippen LogP contribution in [0.1, 0.15) is 56.3 Å². The van der Waals surface area contributed by atoms with Gasteiger partial charge in [0.15, 0.2) is 0 Å². The van der Waals surface area contributed by atoms with Crippen LogP contribution in [0.5, 0.6) is 0 Å². The monoisotopic (exact) mass is 392 g/mol. The Labute approximate surface area is 176 Å². The van der Waals surface area contributed by atoms with Crippen molar-refractivity contribution in [3.63, 3.8) is 0 Å². The van der Waals surface area contributed by atoms with Crippen LogP contribution in [0.3, 0.4) is 0 Å². The number of benzene rings is 4. The van der Waals surface area contributed by atoms with E-state index in [0.29, 0.717) is 12.8 Å². The number of aliphatic hydroxyl groups is 2. The van der Waals surface area contributed by atoms with E-state index >= 15 is 0 Å². The number of fused-ring (bicyclic) bond motifs is 1. The Morgan fingerprint density at radius 1 is 0.533 bits per heavy atom. The molecule has 0 heterocycles. The van der Waals surface area contributed by atoms with Crippen LogP contribution < -0.4 is 0 Å². The predicted octanol–water partition coefficient (Wildman–Crippen LogP) is 4.90. The van der Waals surface area contributed by atoms with Gasteiger partial charge in [0, 0.05) is 25.0 Å². The van der Waals surface area contributed by atoms with E-state index in [1.54, 1.807) is 0 Å². The van der Waals surface area contributed by atoms with Crippen LogP contribution in [0.2, 0.25) is 0 Å². The van der Waals surface area contributed by atoms with E-state index in [1.807, 2.05) is 0 Å². The van der Waals surface area contributed by atoms with Gasteiger partial charge in [-0.25, -0.2) is 0 Å². The van der Waals surface area contributed by atoms with Crippen molar-refractivity contribution < 1.29 is 10.2 Å². The summed E-state index contributed by atoms with van der Waals surface area (Å²) >= 11 is 0. The van der Waals surface area contributed by atoms with Crippen molar-refractivity contribution in [2.75, 3.05) is 13.2 Å². The van der Waals surface area contributed by atoms with Crippen molar-refractivity contribution in [3.8, 4) is 0 Å². The van der Waals surface area contributed by atoms with Gasteiger partial charge in [0.2, 0.25) is 0 Å². The maximum absolute atomic E-state index is 9.71. The third-order valence-corrected chi connectivity index (χ3v) is 7.00. The minimum absolute atomic E-state index is 0.163. The van der Waals surface area contributed by atoms with E-state index < -0.39 is 0 Å². The lowest BCUT2D eigenvalue weighted by molar-refractivity contribution is 0.298. The van der Waals surface area contributed by atoms with Crippen LogP contribution in [-0.4, -0.2) is 23.4 Å². The predicted molar refractivity (Wildman–Crippen MR) is 120 cm³/mol. The lowest BCUT2D eigenvalue weighted by atomic mass is 9.59. The molecule has 4 aromatic carbocycles. The number of aliphatic hydroxyl groups excluding tert-OH is 2. The molecule has 2 N–H and O–H groups in total. The van der Waals surface area contributed by atoms with Gasteiger partial charge in [0.05, 0.1) is 0 Å². The molecule has 7 rings (SSSR count). The van der Waals surface area contributed by atoms with Gasteiger partial charge in [-0.3, -0.25) is 0 Å². The van der Waals surface area contributed by atoms with E-state index in [9.17, 15) is 10.2 Å². The average Bonchev–Trinajstić information content (AvgIpc) is 2.78. The summed E-state index contributed by atoms with van der Waals surface area (Å²) in [6, 6.07) is 26.5. The van der Waals surface area contributed by atoms with Crippen molar-refractivity contribution in [3.05, 3.63) is 117 Å². The highest BCUT2D eigenvalue weighted by molar-refractivity contribution is 5.87. The molecule has 4 aromatic rings. The maximum Gasteiger partial charge on any atom is 0.0471 e. The first-order chi connectivity index (χ1) is 14.8. The molecule has 2 unspecified atom stereocenters. The van der Waals surface area contributed by atoms with Crippen LogP contribution in [0, 0.1) is 0 Å². The SMILES string of the molecule is OCCc1cccc2c1C1c3cc4ccccc4cc3C2c2c(CCO)cccc21. The van der Waals surface area contributed by atoms with Crippen LogP contribution in [-0.2, 0) is 12.8 Å². The van der Waals surface area contributed by atoms with Gasteiger partial charge in [0.1, 0.15) is 0 Å². The number of hydrogen-bond acceptors (Lipinski definition) is 2. The third-order valence-electron chi connectivity index (χ3n) is 7.00. The second-order valence-corrected chi connectivity index (χ2v) is 8.48. The van der Waals surface area contributed by atoms with Gasteiger partial charge in [-0.05, 0) is 80.3 Å². The molecule has 3 aliphatic carbocycles. The zero-order valence-electron chi connectivity index (χ0n) is 16.8. The highest BCUT2D eigenvalue weighted by Crippen LogP contribution is 2.57. The van der Waals surface area contributed by atoms with Crippen LogP contribution in [0.4, 0.5) is 0 Å². The fraction of sp³-hybridized carbons (Fsp3) is 0.214. The van der Waals surface area contributed by atoms with Crippen molar-refractivity contribution in [2.45, 2.75) is 24.7 Å². The van der Waals surface area contributed by atoms with E-state index in [0.717, 1.165) is 0 Å². The highest BCUT2D eigenvalue weighted by atomic mass is 16.3. The molecule has 0 spiro atoms. The average molecular weight is 392 g/mol. The molecule has 0 fully saturated rings. The number of rotatable bonds is 4. The van der Waals surface area contributed by atoms with Gasteiger partial charge in [-0.15, -0.1) is 0 Å². The quantitative estimate of drug-likeness (QED) is 0.448. The molecule has 3 aliphatic rings. The molecule has 0 aromatic heterocycles. The summed E-state index contributed by atoms with van der Waals surface area (Å²) in [6.45, 7) is 0.325. The summed E-state index contributed by atoms with van der Waals surface area (Å²) in [5, 5.41) is 22.0. The van der Waals surface area contributed by atoms with Crippen molar-refractivity contribution >= 4 is 10.8 Å². The second kappa shape index (κ2) is 6.80. The van der Waals surface area contributed by atoms with Gasteiger partial charge >= 0.3 is 0 Å². The molecule has 0 radical (unpaired) electrons. The summed E-state index contributed by atoms with van der Waals surface area (Å²) in [6.07, 6.45) is 1.36.